The Hall–Kier alpha value is -1.29. The monoisotopic (exact) mass is 215 g/mol. The van der Waals surface area contributed by atoms with Crippen molar-refractivity contribution in [3.8, 4) is 0 Å². The lowest BCUT2D eigenvalue weighted by atomic mass is 10.1. The third kappa shape index (κ3) is 1.42. The van der Waals surface area contributed by atoms with Gasteiger partial charge < -0.3 is 10.4 Å². The van der Waals surface area contributed by atoms with Crippen LogP contribution in [0.4, 0.5) is 10.1 Å². The molecule has 1 heterocycles. The number of fused-ring (bicyclic) bond motifs is 1. The van der Waals surface area contributed by atoms with E-state index in [2.05, 4.69) is 5.32 Å². The van der Waals surface area contributed by atoms with Gasteiger partial charge in [0.05, 0.1) is 5.69 Å². The Kier molecular flexibility index (Phi) is 2.07. The minimum Gasteiger partial charge on any atom is -0.480 e. The van der Waals surface area contributed by atoms with Gasteiger partial charge in [0, 0.05) is 11.4 Å². The number of hydrogen-bond acceptors (Lipinski definition) is 2. The molecule has 3 nitrogen and oxygen atoms in total. The van der Waals surface area contributed by atoms with Crippen LogP contribution in [0, 0.1) is 5.82 Å². The minimum atomic E-state index is -0.989. The zero-order chi connectivity index (χ0) is 10.3. The van der Waals surface area contributed by atoms with E-state index in [4.69, 9.17) is 16.7 Å². The van der Waals surface area contributed by atoms with Gasteiger partial charge in [0.15, 0.2) is 0 Å². The fraction of sp³-hybridized carbons (Fsp3) is 0.222. The minimum absolute atomic E-state index is 0.252. The van der Waals surface area contributed by atoms with Crippen molar-refractivity contribution in [1.29, 1.82) is 0 Å². The summed E-state index contributed by atoms with van der Waals surface area (Å²) in [5.41, 5.74) is 0.865. The number of halogens is 2. The number of anilines is 1. The average Bonchev–Trinajstić information content (AvgIpc) is 2.47. The van der Waals surface area contributed by atoms with Gasteiger partial charge in [-0.1, -0.05) is 11.6 Å². The van der Waals surface area contributed by atoms with E-state index < -0.39 is 17.8 Å². The number of nitrogens with one attached hydrogen (secondary N) is 1. The van der Waals surface area contributed by atoms with Crippen LogP contribution in [-0.4, -0.2) is 17.1 Å². The lowest BCUT2D eigenvalue weighted by Gasteiger charge is -2.04. The number of aliphatic carboxylic acids is 1. The first-order valence-electron chi connectivity index (χ1n) is 4.05. The number of hydrogen-bond donors (Lipinski definition) is 2. The molecule has 1 atom stereocenters. The Morgan fingerprint density at radius 1 is 1.64 bits per heavy atom. The van der Waals surface area contributed by atoms with Gasteiger partial charge in [0.25, 0.3) is 0 Å². The number of carbonyl (C=O) groups is 1. The molecule has 74 valence electrons. The highest BCUT2D eigenvalue weighted by molar-refractivity contribution is 6.30. The second-order valence-electron chi connectivity index (χ2n) is 3.16. The smallest absolute Gasteiger partial charge is 0.326 e. The molecule has 2 rings (SSSR count). The first kappa shape index (κ1) is 9.27. The molecule has 0 amide bonds. The maximum Gasteiger partial charge on any atom is 0.326 e. The molecule has 0 aromatic heterocycles. The van der Waals surface area contributed by atoms with Gasteiger partial charge in [0.2, 0.25) is 0 Å². The molecule has 0 saturated heterocycles. The molecule has 0 aliphatic carbocycles. The molecule has 1 aromatic carbocycles. The van der Waals surface area contributed by atoms with Crippen molar-refractivity contribution in [2.45, 2.75) is 12.5 Å². The summed E-state index contributed by atoms with van der Waals surface area (Å²) in [5.74, 6) is -1.49. The molecule has 0 bridgehead atoms. The van der Waals surface area contributed by atoms with Crippen LogP contribution < -0.4 is 5.32 Å². The van der Waals surface area contributed by atoms with Gasteiger partial charge in [-0.15, -0.1) is 0 Å². The van der Waals surface area contributed by atoms with E-state index in [1.165, 1.54) is 0 Å². The molecule has 0 saturated carbocycles. The molecule has 0 fully saturated rings. The van der Waals surface area contributed by atoms with Crippen molar-refractivity contribution in [2.24, 2.45) is 0 Å². The van der Waals surface area contributed by atoms with Crippen LogP contribution in [-0.2, 0) is 11.2 Å². The van der Waals surface area contributed by atoms with E-state index in [0.29, 0.717) is 5.56 Å². The third-order valence-electron chi connectivity index (χ3n) is 2.18. The largest absolute Gasteiger partial charge is 0.480 e. The summed E-state index contributed by atoms with van der Waals surface area (Å²) in [6.45, 7) is 0. The van der Waals surface area contributed by atoms with Crippen molar-refractivity contribution >= 4 is 23.3 Å². The summed E-state index contributed by atoms with van der Waals surface area (Å²) in [6, 6.07) is 1.99. The molecule has 0 spiro atoms. The van der Waals surface area contributed by atoms with Crippen molar-refractivity contribution in [1.82, 2.24) is 0 Å². The molecular weight excluding hydrogens is 209 g/mol. The predicted molar refractivity (Wildman–Crippen MR) is 50.2 cm³/mol. The molecular formula is C9H7ClFNO2. The van der Waals surface area contributed by atoms with Gasteiger partial charge in [-0.3, -0.25) is 0 Å². The summed E-state index contributed by atoms with van der Waals surface area (Å²) in [7, 11) is 0. The normalized spacial score (nSPS) is 18.9. The predicted octanol–water partition coefficient (Wildman–Crippen LogP) is 1.90. The molecule has 1 aliphatic heterocycles. The van der Waals surface area contributed by atoms with Crippen molar-refractivity contribution in [3.05, 3.63) is 28.5 Å². The maximum atomic E-state index is 13.2. The zero-order valence-corrected chi connectivity index (χ0v) is 7.81. The number of rotatable bonds is 1. The molecule has 1 aromatic rings. The SMILES string of the molecule is O=C(O)C1Cc2cc(Cl)cc(F)c2N1. The van der Waals surface area contributed by atoms with Crippen LogP contribution in [0.1, 0.15) is 5.56 Å². The van der Waals surface area contributed by atoms with Crippen molar-refractivity contribution in [3.63, 3.8) is 0 Å². The lowest BCUT2D eigenvalue weighted by Crippen LogP contribution is -2.26. The van der Waals surface area contributed by atoms with E-state index in [-0.39, 0.29) is 17.1 Å². The van der Waals surface area contributed by atoms with Gasteiger partial charge in [-0.25, -0.2) is 9.18 Å². The summed E-state index contributed by atoms with van der Waals surface area (Å²) < 4.78 is 13.2. The standard InChI is InChI=1S/C9H7ClFNO2/c10-5-1-4-2-7(9(13)14)12-8(4)6(11)3-5/h1,3,7,12H,2H2,(H,13,14). The van der Waals surface area contributed by atoms with E-state index >= 15 is 0 Å². The number of benzene rings is 1. The van der Waals surface area contributed by atoms with E-state index in [9.17, 15) is 9.18 Å². The molecule has 1 unspecified atom stereocenters. The summed E-state index contributed by atoms with van der Waals surface area (Å²) in [4.78, 5) is 10.6. The molecule has 14 heavy (non-hydrogen) atoms. The van der Waals surface area contributed by atoms with Crippen LogP contribution >= 0.6 is 11.6 Å². The Balaban J connectivity index is 2.39. The topological polar surface area (TPSA) is 49.3 Å². The highest BCUT2D eigenvalue weighted by Gasteiger charge is 2.28. The summed E-state index contributed by atoms with van der Waals surface area (Å²) in [5, 5.41) is 11.6. The highest BCUT2D eigenvalue weighted by atomic mass is 35.5. The maximum absolute atomic E-state index is 13.2. The quantitative estimate of drug-likeness (QED) is 0.752. The molecule has 2 N–H and O–H groups in total. The van der Waals surface area contributed by atoms with Crippen molar-refractivity contribution < 1.29 is 14.3 Å². The Morgan fingerprint density at radius 2 is 2.36 bits per heavy atom. The summed E-state index contributed by atoms with van der Waals surface area (Å²) in [6.07, 6.45) is 0.266. The van der Waals surface area contributed by atoms with Gasteiger partial charge >= 0.3 is 5.97 Å². The van der Waals surface area contributed by atoms with Crippen LogP contribution in [0.15, 0.2) is 12.1 Å². The second kappa shape index (κ2) is 3.13. The molecule has 1 aliphatic rings. The van der Waals surface area contributed by atoms with E-state index in [1.807, 2.05) is 0 Å². The lowest BCUT2D eigenvalue weighted by molar-refractivity contribution is -0.137. The van der Waals surface area contributed by atoms with Gasteiger partial charge in [-0.05, 0) is 17.7 Å². The second-order valence-corrected chi connectivity index (χ2v) is 3.60. The van der Waals surface area contributed by atoms with Crippen molar-refractivity contribution in [2.75, 3.05) is 5.32 Å². The van der Waals surface area contributed by atoms with Crippen LogP contribution in [0.5, 0.6) is 0 Å². The number of carboxylic acids is 1. The average molecular weight is 216 g/mol. The zero-order valence-electron chi connectivity index (χ0n) is 7.05. The van der Waals surface area contributed by atoms with Crippen LogP contribution in [0.2, 0.25) is 5.02 Å². The first-order chi connectivity index (χ1) is 6.58. The fourth-order valence-corrected chi connectivity index (χ4v) is 1.77. The van der Waals surface area contributed by atoms with Gasteiger partial charge in [0.1, 0.15) is 11.9 Å². The fourth-order valence-electron chi connectivity index (χ4n) is 1.54. The first-order valence-corrected chi connectivity index (χ1v) is 4.43. The molecule has 0 radical (unpaired) electrons. The molecule has 5 heteroatoms. The highest BCUT2D eigenvalue weighted by Crippen LogP contribution is 2.31. The summed E-state index contributed by atoms with van der Waals surface area (Å²) >= 11 is 5.64. The number of carboxylic acid groups (broad SMARTS) is 1. The van der Waals surface area contributed by atoms with E-state index in [1.54, 1.807) is 6.07 Å². The van der Waals surface area contributed by atoms with Crippen LogP contribution in [0.25, 0.3) is 0 Å². The Bertz CT molecular complexity index is 408. The Labute approximate surface area is 84.5 Å². The van der Waals surface area contributed by atoms with Crippen LogP contribution in [0.3, 0.4) is 0 Å². The van der Waals surface area contributed by atoms with E-state index in [0.717, 1.165) is 6.07 Å². The third-order valence-corrected chi connectivity index (χ3v) is 2.40. The Morgan fingerprint density at radius 3 is 3.00 bits per heavy atom. The van der Waals surface area contributed by atoms with Gasteiger partial charge in [-0.2, -0.15) is 0 Å².